The normalized spacial score (nSPS) is 51.4. The van der Waals surface area contributed by atoms with Crippen LogP contribution in [0, 0.1) is 62.6 Å². The number of esters is 1. The third-order valence-electron chi connectivity index (χ3n) is 14.5. The van der Waals surface area contributed by atoms with Crippen LogP contribution in [0.2, 0.25) is 0 Å². The number of hydrogen-bond donors (Lipinski definition) is 0. The zero-order valence-corrected chi connectivity index (χ0v) is 24.5. The highest BCUT2D eigenvalue weighted by molar-refractivity contribution is 5.69. The minimum atomic E-state index is -0.0323. The van der Waals surface area contributed by atoms with Gasteiger partial charge in [0.05, 0.1) is 7.11 Å². The first kappa shape index (κ1) is 26.1. The van der Waals surface area contributed by atoms with E-state index in [0.29, 0.717) is 39.4 Å². The van der Waals surface area contributed by atoms with Gasteiger partial charge >= 0.3 is 5.97 Å². The molecule has 5 rings (SSSR count). The molecule has 2 nitrogen and oxygen atoms in total. The summed E-state index contributed by atoms with van der Waals surface area (Å²) in [5, 5.41) is 0. The highest BCUT2D eigenvalue weighted by Gasteiger charge is 2.70. The SMILES string of the molecule is COC(=O)CCC(C)C1CCC2(C)C1CCC1(C)C2CCC2C3(C)CCCC(C)(C)C3CCC21C. The van der Waals surface area contributed by atoms with E-state index >= 15 is 0 Å². The van der Waals surface area contributed by atoms with Gasteiger partial charge in [-0.3, -0.25) is 4.79 Å². The van der Waals surface area contributed by atoms with Gasteiger partial charge in [-0.25, -0.2) is 0 Å². The summed E-state index contributed by atoms with van der Waals surface area (Å²) in [5.41, 5.74) is 2.54. The van der Waals surface area contributed by atoms with Crippen LogP contribution >= 0.6 is 0 Å². The van der Waals surface area contributed by atoms with Gasteiger partial charge in [-0.05, 0) is 133 Å². The highest BCUT2D eigenvalue weighted by atomic mass is 16.5. The minimum absolute atomic E-state index is 0.0323. The molecule has 0 heterocycles. The van der Waals surface area contributed by atoms with Crippen LogP contribution in [0.4, 0.5) is 0 Å². The van der Waals surface area contributed by atoms with Crippen molar-refractivity contribution in [1.29, 1.82) is 0 Å². The van der Waals surface area contributed by atoms with E-state index in [1.54, 1.807) is 0 Å². The van der Waals surface area contributed by atoms with Crippen LogP contribution in [0.3, 0.4) is 0 Å². The molecule has 0 amide bonds. The third kappa shape index (κ3) is 3.56. The maximum absolute atomic E-state index is 11.8. The van der Waals surface area contributed by atoms with Gasteiger partial charge in [0.15, 0.2) is 0 Å². The number of fused-ring (bicyclic) bond motifs is 7. The summed E-state index contributed by atoms with van der Waals surface area (Å²) >= 11 is 0. The molecular formula is C33H56O2. The van der Waals surface area contributed by atoms with Crippen molar-refractivity contribution >= 4 is 5.97 Å². The molecule has 0 radical (unpaired) electrons. The molecule has 0 aromatic rings. The van der Waals surface area contributed by atoms with Gasteiger partial charge in [-0.2, -0.15) is 0 Å². The molecule has 5 aliphatic rings. The predicted octanol–water partition coefficient (Wildman–Crippen LogP) is 9.07. The molecule has 10 unspecified atom stereocenters. The molecule has 0 N–H and O–H groups in total. The Morgan fingerprint density at radius 3 is 2.06 bits per heavy atom. The van der Waals surface area contributed by atoms with E-state index in [2.05, 4.69) is 48.5 Å². The molecule has 0 aromatic heterocycles. The summed E-state index contributed by atoms with van der Waals surface area (Å²) in [7, 11) is 1.53. The quantitative estimate of drug-likeness (QED) is 0.372. The van der Waals surface area contributed by atoms with E-state index in [9.17, 15) is 4.79 Å². The summed E-state index contributed by atoms with van der Waals surface area (Å²) in [4.78, 5) is 11.8. The first-order valence-electron chi connectivity index (χ1n) is 15.4. The van der Waals surface area contributed by atoms with Crippen molar-refractivity contribution in [2.24, 2.45) is 62.6 Å². The summed E-state index contributed by atoms with van der Waals surface area (Å²) < 4.78 is 4.95. The van der Waals surface area contributed by atoms with Crippen molar-refractivity contribution in [3.8, 4) is 0 Å². The Labute approximate surface area is 217 Å². The van der Waals surface area contributed by atoms with Crippen LogP contribution in [0.5, 0.6) is 0 Å². The van der Waals surface area contributed by atoms with Crippen molar-refractivity contribution in [2.45, 2.75) is 132 Å². The standard InChI is InChI=1S/C33H56O2/c1-22(10-13-28(34)35-8)23-14-19-30(4)24(23)15-20-32(6)26(30)11-12-27-31(5)18-9-17-29(2,3)25(31)16-21-33(27,32)7/h22-27H,9-21H2,1-8H3. The van der Waals surface area contributed by atoms with Crippen LogP contribution in [-0.4, -0.2) is 13.1 Å². The van der Waals surface area contributed by atoms with Crippen LogP contribution in [0.25, 0.3) is 0 Å². The summed E-state index contributed by atoms with van der Waals surface area (Å²) in [6.07, 6.45) is 17.5. The van der Waals surface area contributed by atoms with Crippen molar-refractivity contribution in [2.75, 3.05) is 7.11 Å². The summed E-state index contributed by atoms with van der Waals surface area (Å²) in [5.74, 6) is 4.96. The lowest BCUT2D eigenvalue weighted by Gasteiger charge is -2.73. The highest BCUT2D eigenvalue weighted by Crippen LogP contribution is 2.78. The second-order valence-electron chi connectivity index (χ2n) is 15.9. The third-order valence-corrected chi connectivity index (χ3v) is 14.5. The Hall–Kier alpha value is -0.530. The largest absolute Gasteiger partial charge is 0.469 e. The zero-order chi connectivity index (χ0) is 25.4. The van der Waals surface area contributed by atoms with E-state index in [1.807, 2.05) is 0 Å². The molecule has 5 saturated carbocycles. The molecule has 200 valence electrons. The number of carbonyl (C=O) groups excluding carboxylic acids is 1. The lowest BCUT2D eigenvalue weighted by molar-refractivity contribution is -0.241. The van der Waals surface area contributed by atoms with Gasteiger partial charge in [0.2, 0.25) is 0 Å². The van der Waals surface area contributed by atoms with Gasteiger partial charge in [-0.1, -0.05) is 54.9 Å². The van der Waals surface area contributed by atoms with Crippen molar-refractivity contribution in [3.63, 3.8) is 0 Å². The molecule has 2 heteroatoms. The van der Waals surface area contributed by atoms with Crippen LogP contribution in [-0.2, 0) is 9.53 Å². The summed E-state index contributed by atoms with van der Waals surface area (Å²) in [6, 6.07) is 0. The van der Waals surface area contributed by atoms with Crippen molar-refractivity contribution in [1.82, 2.24) is 0 Å². The first-order valence-corrected chi connectivity index (χ1v) is 15.4. The second kappa shape index (κ2) is 8.49. The van der Waals surface area contributed by atoms with E-state index < -0.39 is 0 Å². The Morgan fingerprint density at radius 1 is 0.771 bits per heavy atom. The maximum Gasteiger partial charge on any atom is 0.305 e. The fourth-order valence-corrected chi connectivity index (χ4v) is 12.7. The van der Waals surface area contributed by atoms with Crippen LogP contribution in [0.15, 0.2) is 0 Å². The molecule has 35 heavy (non-hydrogen) atoms. The fraction of sp³-hybridized carbons (Fsp3) is 0.970. The molecule has 0 saturated heterocycles. The van der Waals surface area contributed by atoms with Gasteiger partial charge < -0.3 is 4.74 Å². The first-order chi connectivity index (χ1) is 16.3. The Balaban J connectivity index is 1.40. The minimum Gasteiger partial charge on any atom is -0.469 e. The number of hydrogen-bond acceptors (Lipinski definition) is 2. The smallest absolute Gasteiger partial charge is 0.305 e. The summed E-state index contributed by atoms with van der Waals surface area (Å²) in [6.45, 7) is 18.6. The average Bonchev–Trinajstić information content (AvgIpc) is 3.14. The lowest BCUT2D eigenvalue weighted by Crippen LogP contribution is -2.65. The van der Waals surface area contributed by atoms with Crippen molar-refractivity contribution in [3.05, 3.63) is 0 Å². The van der Waals surface area contributed by atoms with Gasteiger partial charge in [0.1, 0.15) is 0 Å². The van der Waals surface area contributed by atoms with E-state index in [0.717, 1.165) is 36.0 Å². The second-order valence-corrected chi connectivity index (χ2v) is 15.9. The molecule has 0 spiro atoms. The van der Waals surface area contributed by atoms with E-state index in [-0.39, 0.29) is 5.97 Å². The zero-order valence-electron chi connectivity index (χ0n) is 24.5. The monoisotopic (exact) mass is 484 g/mol. The Morgan fingerprint density at radius 2 is 1.40 bits per heavy atom. The fourth-order valence-electron chi connectivity index (χ4n) is 12.7. The number of ether oxygens (including phenoxy) is 1. The number of rotatable bonds is 4. The molecule has 5 aliphatic carbocycles. The number of methoxy groups -OCH3 is 1. The molecule has 10 atom stereocenters. The Bertz CT molecular complexity index is 831. The lowest BCUT2D eigenvalue weighted by atomic mass is 9.32. The molecular weight excluding hydrogens is 428 g/mol. The van der Waals surface area contributed by atoms with Gasteiger partial charge in [0.25, 0.3) is 0 Å². The Kier molecular flexibility index (Phi) is 6.33. The molecule has 0 aliphatic heterocycles. The van der Waals surface area contributed by atoms with Gasteiger partial charge in [-0.15, -0.1) is 0 Å². The van der Waals surface area contributed by atoms with Crippen molar-refractivity contribution < 1.29 is 9.53 Å². The van der Waals surface area contributed by atoms with Gasteiger partial charge in [0, 0.05) is 6.42 Å². The molecule has 5 fully saturated rings. The average molecular weight is 485 g/mol. The van der Waals surface area contributed by atoms with Crippen LogP contribution < -0.4 is 0 Å². The predicted molar refractivity (Wildman–Crippen MR) is 145 cm³/mol. The topological polar surface area (TPSA) is 26.3 Å². The maximum atomic E-state index is 11.8. The number of carbonyl (C=O) groups is 1. The molecule has 0 aromatic carbocycles. The molecule has 0 bridgehead atoms. The van der Waals surface area contributed by atoms with E-state index in [1.165, 1.54) is 77.7 Å². The van der Waals surface area contributed by atoms with E-state index in [4.69, 9.17) is 4.74 Å². The van der Waals surface area contributed by atoms with Crippen LogP contribution in [0.1, 0.15) is 132 Å².